The van der Waals surface area contributed by atoms with Crippen molar-refractivity contribution in [2.75, 3.05) is 0 Å². The van der Waals surface area contributed by atoms with Crippen molar-refractivity contribution in [2.45, 2.75) is 47.1 Å². The summed E-state index contributed by atoms with van der Waals surface area (Å²) < 4.78 is 0. The Hall–Kier alpha value is -3.00. The Morgan fingerprint density at radius 2 is 1.76 bits per heavy atom. The van der Waals surface area contributed by atoms with Crippen LogP contribution in [0.15, 0.2) is 78.7 Å². The molecule has 2 heteroatoms. The highest BCUT2D eigenvalue weighted by Crippen LogP contribution is 2.44. The summed E-state index contributed by atoms with van der Waals surface area (Å²) in [6, 6.07) is 13.4. The summed E-state index contributed by atoms with van der Waals surface area (Å²) in [4.78, 5) is 2.28. The number of aliphatic hydroxyl groups excluding tert-OH is 1. The summed E-state index contributed by atoms with van der Waals surface area (Å²) in [5.41, 5.74) is 10.4. The van der Waals surface area contributed by atoms with Gasteiger partial charge in [0.2, 0.25) is 0 Å². The van der Waals surface area contributed by atoms with Crippen LogP contribution in [-0.2, 0) is 6.42 Å². The molecular weight excluding hydrogens is 354 g/mol. The van der Waals surface area contributed by atoms with Gasteiger partial charge in [0.05, 0.1) is 6.04 Å². The van der Waals surface area contributed by atoms with Crippen molar-refractivity contribution in [2.24, 2.45) is 0 Å². The molecule has 0 spiro atoms. The number of rotatable bonds is 2. The lowest BCUT2D eigenvalue weighted by molar-refractivity contribution is 0.365. The average Bonchev–Trinajstić information content (AvgIpc) is 2.69. The lowest BCUT2D eigenvalue weighted by Gasteiger charge is -2.41. The molecular formula is C27H31NO. The molecule has 0 fully saturated rings. The summed E-state index contributed by atoms with van der Waals surface area (Å²) in [5.74, 6) is 0.0594. The van der Waals surface area contributed by atoms with Gasteiger partial charge in [-0.15, -0.1) is 0 Å². The summed E-state index contributed by atoms with van der Waals surface area (Å²) >= 11 is 0. The van der Waals surface area contributed by atoms with E-state index in [9.17, 15) is 5.11 Å². The van der Waals surface area contributed by atoms with Crippen LogP contribution in [0.4, 0.5) is 0 Å². The summed E-state index contributed by atoms with van der Waals surface area (Å²) in [6.45, 7) is 18.3. The molecule has 0 saturated heterocycles. The van der Waals surface area contributed by atoms with Crippen molar-refractivity contribution >= 4 is 5.70 Å². The van der Waals surface area contributed by atoms with Gasteiger partial charge in [-0.25, -0.2) is 0 Å². The molecule has 0 bridgehead atoms. The normalized spacial score (nSPS) is 17.3. The second-order valence-corrected chi connectivity index (χ2v) is 7.68. The Morgan fingerprint density at radius 1 is 1.07 bits per heavy atom. The molecule has 150 valence electrons. The third kappa shape index (κ3) is 3.80. The van der Waals surface area contributed by atoms with Crippen LogP contribution in [0.1, 0.15) is 53.3 Å². The third-order valence-corrected chi connectivity index (χ3v) is 5.69. The molecule has 2 aromatic carbocycles. The smallest absolute Gasteiger partial charge is 0.117 e. The van der Waals surface area contributed by atoms with Gasteiger partial charge >= 0.3 is 0 Å². The van der Waals surface area contributed by atoms with Crippen LogP contribution in [0, 0.1) is 20.8 Å². The van der Waals surface area contributed by atoms with Gasteiger partial charge in [-0.05, 0) is 67.2 Å². The average molecular weight is 386 g/mol. The number of fused-ring (bicyclic) bond motifs is 3. The van der Waals surface area contributed by atoms with E-state index >= 15 is 0 Å². The molecule has 4 rings (SSSR count). The van der Waals surface area contributed by atoms with Crippen molar-refractivity contribution < 1.29 is 5.11 Å². The molecule has 2 heterocycles. The number of aliphatic hydroxyl groups is 1. The van der Waals surface area contributed by atoms with Gasteiger partial charge in [0.1, 0.15) is 5.76 Å². The van der Waals surface area contributed by atoms with E-state index in [2.05, 4.69) is 81.3 Å². The lowest BCUT2D eigenvalue weighted by Crippen LogP contribution is -2.31. The Bertz CT molecular complexity index is 1040. The first-order valence-electron chi connectivity index (χ1n) is 10.3. The second kappa shape index (κ2) is 8.16. The maximum absolute atomic E-state index is 10.0. The fourth-order valence-electron chi connectivity index (χ4n) is 4.09. The highest BCUT2D eigenvalue weighted by Gasteiger charge is 2.33. The first kappa shape index (κ1) is 20.7. The molecule has 2 nitrogen and oxygen atoms in total. The SMILES string of the molecule is C=C(O)C1=CN2C(=CC1=C)c1cc(C)c(C)cc1CC2c1cccc(C)c1.CC. The van der Waals surface area contributed by atoms with Crippen molar-refractivity contribution in [1.82, 2.24) is 4.90 Å². The Kier molecular flexibility index (Phi) is 5.83. The maximum Gasteiger partial charge on any atom is 0.117 e. The molecule has 2 aliphatic heterocycles. The van der Waals surface area contributed by atoms with E-state index in [0.29, 0.717) is 5.57 Å². The number of allylic oxidation sites excluding steroid dienone is 2. The minimum absolute atomic E-state index is 0.0594. The van der Waals surface area contributed by atoms with Crippen LogP contribution in [0.3, 0.4) is 0 Å². The zero-order valence-corrected chi connectivity index (χ0v) is 18.2. The highest BCUT2D eigenvalue weighted by molar-refractivity contribution is 5.77. The number of benzene rings is 2. The van der Waals surface area contributed by atoms with Gasteiger partial charge < -0.3 is 10.0 Å². The van der Waals surface area contributed by atoms with E-state index < -0.39 is 0 Å². The molecule has 2 aliphatic rings. The van der Waals surface area contributed by atoms with E-state index in [-0.39, 0.29) is 11.8 Å². The van der Waals surface area contributed by atoms with Gasteiger partial charge in [0.15, 0.2) is 0 Å². The van der Waals surface area contributed by atoms with E-state index in [1.807, 2.05) is 20.0 Å². The first-order chi connectivity index (χ1) is 13.8. The summed E-state index contributed by atoms with van der Waals surface area (Å²) in [5, 5.41) is 10.0. The lowest BCUT2D eigenvalue weighted by atomic mass is 9.83. The van der Waals surface area contributed by atoms with Crippen molar-refractivity contribution in [1.29, 1.82) is 0 Å². The van der Waals surface area contributed by atoms with Gasteiger partial charge in [-0.3, -0.25) is 0 Å². The van der Waals surface area contributed by atoms with Crippen LogP contribution < -0.4 is 0 Å². The Balaban J connectivity index is 0.00000117. The van der Waals surface area contributed by atoms with Gasteiger partial charge in [-0.2, -0.15) is 0 Å². The molecule has 0 aliphatic carbocycles. The van der Waals surface area contributed by atoms with Crippen LogP contribution in [0.25, 0.3) is 5.70 Å². The number of hydrogen-bond donors (Lipinski definition) is 1. The largest absolute Gasteiger partial charge is 0.508 e. The minimum Gasteiger partial charge on any atom is -0.508 e. The van der Waals surface area contributed by atoms with Crippen LogP contribution in [0.5, 0.6) is 0 Å². The standard InChI is InChI=1S/C25H25NO.C2H6/c1-15-7-6-8-20(9-15)24-13-21-10-16(2)17(3)11-22(21)25-12-18(4)23(19(5)27)14-26(24)25;1-2/h6-12,14,24,27H,4-5,13H2,1-3H3;1-2H3. The first-order valence-corrected chi connectivity index (χ1v) is 10.3. The molecule has 29 heavy (non-hydrogen) atoms. The molecule has 1 atom stereocenters. The topological polar surface area (TPSA) is 23.5 Å². The zero-order chi connectivity index (χ0) is 21.3. The Labute approximate surface area is 175 Å². The second-order valence-electron chi connectivity index (χ2n) is 7.68. The molecule has 0 aromatic heterocycles. The molecule has 1 N–H and O–H groups in total. The van der Waals surface area contributed by atoms with Crippen molar-refractivity contribution in [3.8, 4) is 0 Å². The monoisotopic (exact) mass is 385 g/mol. The van der Waals surface area contributed by atoms with Gasteiger partial charge in [0, 0.05) is 23.0 Å². The fraction of sp³-hybridized carbons (Fsp3) is 0.259. The van der Waals surface area contributed by atoms with Crippen LogP contribution >= 0.6 is 0 Å². The number of aryl methyl sites for hydroxylation is 3. The van der Waals surface area contributed by atoms with E-state index in [1.165, 1.54) is 33.4 Å². The summed E-state index contributed by atoms with van der Waals surface area (Å²) in [6.07, 6.45) is 5.00. The van der Waals surface area contributed by atoms with E-state index in [1.54, 1.807) is 0 Å². The van der Waals surface area contributed by atoms with E-state index in [4.69, 9.17) is 0 Å². The molecule has 1 unspecified atom stereocenters. The van der Waals surface area contributed by atoms with E-state index in [0.717, 1.165) is 17.7 Å². The van der Waals surface area contributed by atoms with Crippen LogP contribution in [-0.4, -0.2) is 10.0 Å². The van der Waals surface area contributed by atoms with Gasteiger partial charge in [-0.1, -0.05) is 62.9 Å². The minimum atomic E-state index is 0.0594. The molecule has 0 saturated carbocycles. The highest BCUT2D eigenvalue weighted by atomic mass is 16.3. The molecule has 2 aromatic rings. The fourth-order valence-corrected chi connectivity index (χ4v) is 4.09. The number of hydrogen-bond acceptors (Lipinski definition) is 2. The number of nitrogens with zero attached hydrogens (tertiary/aromatic N) is 1. The van der Waals surface area contributed by atoms with Crippen molar-refractivity contribution in [3.05, 3.63) is 112 Å². The predicted octanol–water partition coefficient (Wildman–Crippen LogP) is 7.10. The van der Waals surface area contributed by atoms with Gasteiger partial charge in [0.25, 0.3) is 0 Å². The predicted molar refractivity (Wildman–Crippen MR) is 124 cm³/mol. The zero-order valence-electron chi connectivity index (χ0n) is 18.2. The molecule has 0 radical (unpaired) electrons. The third-order valence-electron chi connectivity index (χ3n) is 5.69. The van der Waals surface area contributed by atoms with Crippen LogP contribution in [0.2, 0.25) is 0 Å². The quantitative estimate of drug-likeness (QED) is 0.557. The van der Waals surface area contributed by atoms with Crippen molar-refractivity contribution in [3.63, 3.8) is 0 Å². The Morgan fingerprint density at radius 3 is 2.41 bits per heavy atom. The summed E-state index contributed by atoms with van der Waals surface area (Å²) in [7, 11) is 0. The maximum atomic E-state index is 10.0. The molecule has 0 amide bonds.